The highest BCUT2D eigenvalue weighted by molar-refractivity contribution is 7.89. The molecule has 0 saturated carbocycles. The third-order valence-corrected chi connectivity index (χ3v) is 7.01. The zero-order valence-electron chi connectivity index (χ0n) is 15.8. The molecule has 0 spiro atoms. The number of hydrogen-bond donors (Lipinski definition) is 0. The first-order chi connectivity index (χ1) is 13.8. The molecule has 0 aliphatic carbocycles. The van der Waals surface area contributed by atoms with Crippen LogP contribution in [0.3, 0.4) is 0 Å². The first-order valence-electron chi connectivity index (χ1n) is 8.63. The molecule has 6 nitrogen and oxygen atoms in total. The second kappa shape index (κ2) is 9.04. The number of nitrogens with zero attached hydrogens (tertiary/aromatic N) is 2. The SMILES string of the molecule is CN(C)S(=O)(=O)c1cccc(COC(=O)Cc2csc(-c3cccc(Cl)c3)n2)c1. The molecule has 0 atom stereocenters. The first kappa shape index (κ1) is 21.4. The minimum atomic E-state index is -3.54. The number of ether oxygens (including phenoxy) is 1. The fourth-order valence-corrected chi connectivity index (χ4v) is 4.49. The van der Waals surface area contributed by atoms with E-state index in [-0.39, 0.29) is 17.9 Å². The summed E-state index contributed by atoms with van der Waals surface area (Å²) >= 11 is 7.43. The number of halogens is 1. The van der Waals surface area contributed by atoms with E-state index in [0.717, 1.165) is 14.9 Å². The Morgan fingerprint density at radius 3 is 2.66 bits per heavy atom. The van der Waals surface area contributed by atoms with Gasteiger partial charge in [-0.15, -0.1) is 11.3 Å². The Balaban J connectivity index is 1.61. The Hall–Kier alpha value is -2.26. The third-order valence-electron chi connectivity index (χ3n) is 4.03. The number of hydrogen-bond acceptors (Lipinski definition) is 6. The monoisotopic (exact) mass is 450 g/mol. The molecule has 0 saturated heterocycles. The molecule has 0 aliphatic rings. The fourth-order valence-electron chi connectivity index (χ4n) is 2.51. The maximum atomic E-state index is 12.2. The van der Waals surface area contributed by atoms with E-state index in [1.807, 2.05) is 23.6 Å². The van der Waals surface area contributed by atoms with Gasteiger partial charge in [0, 0.05) is 30.1 Å². The van der Waals surface area contributed by atoms with E-state index in [2.05, 4.69) is 4.98 Å². The lowest BCUT2D eigenvalue weighted by molar-refractivity contribution is -0.144. The van der Waals surface area contributed by atoms with Gasteiger partial charge in [0.2, 0.25) is 10.0 Å². The van der Waals surface area contributed by atoms with Gasteiger partial charge in [0.15, 0.2) is 0 Å². The van der Waals surface area contributed by atoms with Crippen molar-refractivity contribution in [2.24, 2.45) is 0 Å². The molecular weight excluding hydrogens is 432 g/mol. The molecule has 1 heterocycles. The van der Waals surface area contributed by atoms with Crippen LogP contribution < -0.4 is 0 Å². The Morgan fingerprint density at radius 1 is 1.17 bits per heavy atom. The maximum Gasteiger partial charge on any atom is 0.312 e. The van der Waals surface area contributed by atoms with Gasteiger partial charge in [-0.2, -0.15) is 0 Å². The van der Waals surface area contributed by atoms with Crippen LogP contribution in [0.15, 0.2) is 58.8 Å². The topological polar surface area (TPSA) is 76.6 Å². The number of aromatic nitrogens is 1. The van der Waals surface area contributed by atoms with Crippen molar-refractivity contribution in [3.63, 3.8) is 0 Å². The molecule has 1 aromatic heterocycles. The highest BCUT2D eigenvalue weighted by atomic mass is 35.5. The van der Waals surface area contributed by atoms with Gasteiger partial charge in [-0.25, -0.2) is 17.7 Å². The molecule has 0 fully saturated rings. The molecule has 29 heavy (non-hydrogen) atoms. The van der Waals surface area contributed by atoms with E-state index in [9.17, 15) is 13.2 Å². The second-order valence-corrected chi connectivity index (χ2v) is 9.87. The minimum Gasteiger partial charge on any atom is -0.461 e. The van der Waals surface area contributed by atoms with Crippen molar-refractivity contribution >= 4 is 38.9 Å². The Labute approximate surface area is 178 Å². The van der Waals surface area contributed by atoms with Crippen molar-refractivity contribution in [1.82, 2.24) is 9.29 Å². The Bertz CT molecular complexity index is 1130. The smallest absolute Gasteiger partial charge is 0.312 e. The van der Waals surface area contributed by atoms with Gasteiger partial charge in [0.25, 0.3) is 0 Å². The quantitative estimate of drug-likeness (QED) is 0.508. The van der Waals surface area contributed by atoms with Gasteiger partial charge in [-0.05, 0) is 29.8 Å². The lowest BCUT2D eigenvalue weighted by Crippen LogP contribution is -2.22. The molecule has 0 amide bonds. The molecule has 0 N–H and O–H groups in total. The molecular formula is C20H19ClN2O4S2. The summed E-state index contributed by atoms with van der Waals surface area (Å²) in [7, 11) is -0.607. The Kier molecular flexibility index (Phi) is 6.69. The summed E-state index contributed by atoms with van der Waals surface area (Å²) in [5.41, 5.74) is 2.10. The minimum absolute atomic E-state index is 0.0130. The normalized spacial score (nSPS) is 11.6. The summed E-state index contributed by atoms with van der Waals surface area (Å²) in [6, 6.07) is 13.7. The van der Waals surface area contributed by atoms with Crippen LogP contribution >= 0.6 is 22.9 Å². The largest absolute Gasteiger partial charge is 0.461 e. The number of thiazole rings is 1. The van der Waals surface area contributed by atoms with E-state index in [0.29, 0.717) is 16.3 Å². The number of rotatable bonds is 7. The van der Waals surface area contributed by atoms with Crippen LogP contribution in [0, 0.1) is 0 Å². The number of carbonyl (C=O) groups excluding carboxylic acids is 1. The number of sulfonamides is 1. The van der Waals surface area contributed by atoms with Crippen molar-refractivity contribution in [1.29, 1.82) is 0 Å². The van der Waals surface area contributed by atoms with E-state index < -0.39 is 16.0 Å². The average molecular weight is 451 g/mol. The summed E-state index contributed by atoms with van der Waals surface area (Å²) in [5.74, 6) is -0.436. The van der Waals surface area contributed by atoms with Crippen molar-refractivity contribution < 1.29 is 17.9 Å². The molecule has 0 bridgehead atoms. The zero-order chi connectivity index (χ0) is 21.0. The van der Waals surface area contributed by atoms with Gasteiger partial charge >= 0.3 is 5.97 Å². The number of carbonyl (C=O) groups is 1. The zero-order valence-corrected chi connectivity index (χ0v) is 18.2. The predicted molar refractivity (Wildman–Crippen MR) is 113 cm³/mol. The molecule has 2 aromatic carbocycles. The lowest BCUT2D eigenvalue weighted by atomic mass is 10.2. The molecule has 0 unspecified atom stereocenters. The van der Waals surface area contributed by atoms with Crippen LogP contribution in [0.1, 0.15) is 11.3 Å². The highest BCUT2D eigenvalue weighted by Crippen LogP contribution is 2.26. The molecule has 9 heteroatoms. The van der Waals surface area contributed by atoms with Gasteiger partial charge in [0.1, 0.15) is 11.6 Å². The van der Waals surface area contributed by atoms with Crippen LogP contribution in [0.2, 0.25) is 5.02 Å². The van der Waals surface area contributed by atoms with Crippen LogP contribution in [0.25, 0.3) is 10.6 Å². The van der Waals surface area contributed by atoms with Gasteiger partial charge in [0.05, 0.1) is 17.0 Å². The molecule has 3 rings (SSSR count). The van der Waals surface area contributed by atoms with Crippen molar-refractivity contribution in [3.8, 4) is 10.6 Å². The highest BCUT2D eigenvalue weighted by Gasteiger charge is 2.17. The van der Waals surface area contributed by atoms with Crippen LogP contribution in [-0.2, 0) is 32.6 Å². The van der Waals surface area contributed by atoms with Crippen molar-refractivity contribution in [3.05, 3.63) is 70.2 Å². The molecule has 152 valence electrons. The fraction of sp³-hybridized carbons (Fsp3) is 0.200. The van der Waals surface area contributed by atoms with Crippen LogP contribution in [0.4, 0.5) is 0 Å². The summed E-state index contributed by atoms with van der Waals surface area (Å²) < 4.78 is 30.8. The van der Waals surface area contributed by atoms with Gasteiger partial charge < -0.3 is 4.74 Å². The lowest BCUT2D eigenvalue weighted by Gasteiger charge is -2.12. The van der Waals surface area contributed by atoms with Crippen LogP contribution in [-0.4, -0.2) is 37.8 Å². The van der Waals surface area contributed by atoms with Gasteiger partial charge in [-0.1, -0.05) is 35.9 Å². The van der Waals surface area contributed by atoms with Crippen molar-refractivity contribution in [2.75, 3.05) is 14.1 Å². The average Bonchev–Trinajstić information content (AvgIpc) is 3.15. The van der Waals surface area contributed by atoms with E-state index in [1.54, 1.807) is 18.2 Å². The summed E-state index contributed by atoms with van der Waals surface area (Å²) in [6.07, 6.45) is 0.0345. The standard InChI is InChI=1S/C20H19ClN2O4S2/c1-23(2)29(25,26)18-8-3-5-14(9-18)12-27-19(24)11-17-13-28-20(22-17)15-6-4-7-16(21)10-15/h3-10,13H,11-12H2,1-2H3. The van der Waals surface area contributed by atoms with E-state index >= 15 is 0 Å². The second-order valence-electron chi connectivity index (χ2n) is 6.43. The summed E-state index contributed by atoms with van der Waals surface area (Å²) in [5, 5.41) is 3.20. The summed E-state index contributed by atoms with van der Waals surface area (Å²) in [6.45, 7) is -0.0130. The third kappa shape index (κ3) is 5.42. The Morgan fingerprint density at radius 2 is 1.93 bits per heavy atom. The van der Waals surface area contributed by atoms with Gasteiger partial charge in [-0.3, -0.25) is 4.79 Å². The first-order valence-corrected chi connectivity index (χ1v) is 11.3. The van der Waals surface area contributed by atoms with E-state index in [4.69, 9.17) is 16.3 Å². The maximum absolute atomic E-state index is 12.2. The van der Waals surface area contributed by atoms with Crippen molar-refractivity contribution in [2.45, 2.75) is 17.9 Å². The number of esters is 1. The molecule has 0 radical (unpaired) electrons. The van der Waals surface area contributed by atoms with E-state index in [1.165, 1.54) is 37.6 Å². The molecule has 0 aliphatic heterocycles. The molecule has 3 aromatic rings. The summed E-state index contributed by atoms with van der Waals surface area (Å²) in [4.78, 5) is 16.8. The predicted octanol–water partition coefficient (Wildman–Crippen LogP) is 4.00. The number of benzene rings is 2. The van der Waals surface area contributed by atoms with Crippen LogP contribution in [0.5, 0.6) is 0 Å².